The summed E-state index contributed by atoms with van der Waals surface area (Å²) in [4.78, 5) is 14.5. The fourth-order valence-corrected chi connectivity index (χ4v) is 5.01. The second kappa shape index (κ2) is 9.38. The van der Waals surface area contributed by atoms with Crippen LogP contribution >= 0.6 is 24.0 Å². The Hall–Kier alpha value is -1.75. The molecule has 0 radical (unpaired) electrons. The van der Waals surface area contributed by atoms with Crippen molar-refractivity contribution in [1.29, 1.82) is 0 Å². The van der Waals surface area contributed by atoms with E-state index < -0.39 is 0 Å². The molecule has 1 atom stereocenters. The largest absolute Gasteiger partial charge is 0.447 e. The van der Waals surface area contributed by atoms with Crippen LogP contribution in [-0.2, 0) is 16.6 Å². The third-order valence-electron chi connectivity index (χ3n) is 6.45. The third-order valence-corrected chi connectivity index (χ3v) is 6.69. The topological polar surface area (TPSA) is 55.6 Å². The molecule has 6 heteroatoms. The van der Waals surface area contributed by atoms with E-state index in [1.54, 1.807) is 0 Å². The highest BCUT2D eigenvalue weighted by Gasteiger charge is 2.43. The minimum absolute atomic E-state index is 0. The number of rotatable bonds is 5. The standard InChI is InChI=1S/C23H27ClN2O2.ClH/c24-19-8-4-7-18(14-19)23(16-25)11-9-20(10-12-23)26-21(15-28-22(26)27)13-17-5-2-1-3-6-17;/h1-8,14,20-21H,9-13,15-16,25H2;1H/t20?,21-,23?;/m0./s1. The molecule has 2 N–H and O–H groups in total. The Morgan fingerprint density at radius 1 is 1.10 bits per heavy atom. The minimum Gasteiger partial charge on any atom is -0.447 e. The zero-order valence-electron chi connectivity index (χ0n) is 16.4. The summed E-state index contributed by atoms with van der Waals surface area (Å²) in [6.45, 7) is 1.07. The monoisotopic (exact) mass is 434 g/mol. The molecule has 1 aliphatic heterocycles. The number of amides is 1. The molecule has 1 heterocycles. The van der Waals surface area contributed by atoms with Crippen molar-refractivity contribution in [1.82, 2.24) is 4.90 Å². The first-order valence-corrected chi connectivity index (χ1v) is 10.4. The highest BCUT2D eigenvalue weighted by atomic mass is 35.5. The maximum Gasteiger partial charge on any atom is 0.410 e. The highest BCUT2D eigenvalue weighted by Crippen LogP contribution is 2.42. The summed E-state index contributed by atoms with van der Waals surface area (Å²) in [6.07, 6.45) is 4.44. The van der Waals surface area contributed by atoms with Gasteiger partial charge in [-0.1, -0.05) is 54.1 Å². The van der Waals surface area contributed by atoms with Crippen molar-refractivity contribution in [3.63, 3.8) is 0 Å². The molecule has 1 saturated heterocycles. The molecule has 1 saturated carbocycles. The summed E-state index contributed by atoms with van der Waals surface area (Å²) in [5.74, 6) is 0. The first-order chi connectivity index (χ1) is 13.6. The van der Waals surface area contributed by atoms with E-state index in [2.05, 4.69) is 18.2 Å². The zero-order chi connectivity index (χ0) is 19.6. The molecule has 4 rings (SSSR count). The van der Waals surface area contributed by atoms with Gasteiger partial charge in [-0.3, -0.25) is 4.90 Å². The van der Waals surface area contributed by atoms with E-state index in [0.29, 0.717) is 13.2 Å². The smallest absolute Gasteiger partial charge is 0.410 e. The number of hydrogen-bond donors (Lipinski definition) is 1. The molecular weight excluding hydrogens is 407 g/mol. The number of hydrogen-bond acceptors (Lipinski definition) is 3. The summed E-state index contributed by atoms with van der Waals surface area (Å²) in [6, 6.07) is 18.7. The lowest BCUT2D eigenvalue weighted by Gasteiger charge is -2.43. The van der Waals surface area contributed by atoms with Crippen molar-refractivity contribution in [3.05, 3.63) is 70.7 Å². The molecular formula is C23H28Cl2N2O2. The maximum absolute atomic E-state index is 12.5. The minimum atomic E-state index is -0.172. The third kappa shape index (κ3) is 4.55. The lowest BCUT2D eigenvalue weighted by Crippen LogP contribution is -2.49. The van der Waals surface area contributed by atoms with Crippen molar-refractivity contribution in [2.75, 3.05) is 13.2 Å². The SMILES string of the molecule is Cl.NCC1(c2cccc(Cl)c2)CCC(N2C(=O)OC[C@@H]2Cc2ccccc2)CC1. The van der Waals surface area contributed by atoms with E-state index in [1.807, 2.05) is 41.3 Å². The fraction of sp³-hybridized carbons (Fsp3) is 0.435. The molecule has 2 aromatic rings. The number of carbonyl (C=O) groups is 1. The van der Waals surface area contributed by atoms with Crippen LogP contribution in [0, 0.1) is 0 Å². The van der Waals surface area contributed by atoms with Crippen LogP contribution in [0.15, 0.2) is 54.6 Å². The van der Waals surface area contributed by atoms with Gasteiger partial charge in [-0.05, 0) is 55.4 Å². The fourth-order valence-electron chi connectivity index (χ4n) is 4.82. The molecule has 1 amide bonds. The van der Waals surface area contributed by atoms with Gasteiger partial charge in [-0.25, -0.2) is 4.79 Å². The Morgan fingerprint density at radius 2 is 1.83 bits per heavy atom. The molecule has 2 fully saturated rings. The van der Waals surface area contributed by atoms with Gasteiger partial charge >= 0.3 is 6.09 Å². The van der Waals surface area contributed by atoms with E-state index in [1.165, 1.54) is 11.1 Å². The van der Waals surface area contributed by atoms with E-state index in [4.69, 9.17) is 22.1 Å². The number of cyclic esters (lactones) is 1. The normalized spacial score (nSPS) is 26.7. The van der Waals surface area contributed by atoms with Crippen LogP contribution in [0.2, 0.25) is 5.02 Å². The molecule has 29 heavy (non-hydrogen) atoms. The van der Waals surface area contributed by atoms with Crippen LogP contribution in [0.25, 0.3) is 0 Å². The Bertz CT molecular complexity index is 823. The van der Waals surface area contributed by atoms with Crippen molar-refractivity contribution in [3.8, 4) is 0 Å². The van der Waals surface area contributed by atoms with Crippen molar-refractivity contribution in [2.24, 2.45) is 5.73 Å². The van der Waals surface area contributed by atoms with E-state index in [0.717, 1.165) is 37.1 Å². The predicted molar refractivity (Wildman–Crippen MR) is 119 cm³/mol. The van der Waals surface area contributed by atoms with Gasteiger partial charge in [0, 0.05) is 23.0 Å². The van der Waals surface area contributed by atoms with Gasteiger partial charge < -0.3 is 10.5 Å². The van der Waals surface area contributed by atoms with Crippen molar-refractivity contribution < 1.29 is 9.53 Å². The molecule has 0 unspecified atom stereocenters. The average Bonchev–Trinajstić information content (AvgIpc) is 3.09. The molecule has 0 bridgehead atoms. The lowest BCUT2D eigenvalue weighted by molar-refractivity contribution is 0.117. The Labute approximate surface area is 183 Å². The van der Waals surface area contributed by atoms with Crippen LogP contribution in [0.1, 0.15) is 36.8 Å². The van der Waals surface area contributed by atoms with Crippen molar-refractivity contribution in [2.45, 2.75) is 49.6 Å². The molecule has 156 valence electrons. The van der Waals surface area contributed by atoms with Gasteiger partial charge in [-0.15, -0.1) is 12.4 Å². The maximum atomic E-state index is 12.5. The lowest BCUT2D eigenvalue weighted by atomic mass is 9.68. The molecule has 1 aliphatic carbocycles. The van der Waals surface area contributed by atoms with E-state index in [9.17, 15) is 4.79 Å². The number of benzene rings is 2. The number of halogens is 2. The Morgan fingerprint density at radius 3 is 2.48 bits per heavy atom. The number of carbonyl (C=O) groups excluding carboxylic acids is 1. The average molecular weight is 435 g/mol. The van der Waals surface area contributed by atoms with Crippen LogP contribution in [0.4, 0.5) is 4.79 Å². The van der Waals surface area contributed by atoms with Gasteiger partial charge in [0.25, 0.3) is 0 Å². The van der Waals surface area contributed by atoms with Crippen molar-refractivity contribution >= 4 is 30.1 Å². The molecule has 2 aliphatic rings. The predicted octanol–water partition coefficient (Wildman–Crippen LogP) is 4.96. The highest BCUT2D eigenvalue weighted by molar-refractivity contribution is 6.30. The second-order valence-electron chi connectivity index (χ2n) is 8.05. The second-order valence-corrected chi connectivity index (χ2v) is 8.49. The summed E-state index contributed by atoms with van der Waals surface area (Å²) in [7, 11) is 0. The summed E-state index contributed by atoms with van der Waals surface area (Å²) >= 11 is 6.22. The first-order valence-electron chi connectivity index (χ1n) is 10.1. The molecule has 4 nitrogen and oxygen atoms in total. The van der Waals surface area contributed by atoms with Gasteiger partial charge in [0.1, 0.15) is 6.61 Å². The summed E-state index contributed by atoms with van der Waals surface area (Å²) in [5, 5.41) is 0.749. The number of nitrogens with two attached hydrogens (primary N) is 1. The molecule has 0 spiro atoms. The number of nitrogens with zero attached hydrogens (tertiary/aromatic N) is 1. The zero-order valence-corrected chi connectivity index (χ0v) is 18.0. The van der Waals surface area contributed by atoms with Crippen LogP contribution in [-0.4, -0.2) is 36.2 Å². The van der Waals surface area contributed by atoms with E-state index in [-0.39, 0.29) is 36.0 Å². The van der Waals surface area contributed by atoms with Crippen LogP contribution < -0.4 is 5.73 Å². The Balaban J connectivity index is 0.00000240. The summed E-state index contributed by atoms with van der Waals surface area (Å²) < 4.78 is 5.43. The summed E-state index contributed by atoms with van der Waals surface area (Å²) in [5.41, 5.74) is 8.62. The van der Waals surface area contributed by atoms with Gasteiger partial charge in [-0.2, -0.15) is 0 Å². The van der Waals surface area contributed by atoms with Gasteiger partial charge in [0.05, 0.1) is 6.04 Å². The molecule has 0 aromatic heterocycles. The Kier molecular flexibility index (Phi) is 7.10. The van der Waals surface area contributed by atoms with E-state index >= 15 is 0 Å². The van der Waals surface area contributed by atoms with Gasteiger partial charge in [0.2, 0.25) is 0 Å². The quantitative estimate of drug-likeness (QED) is 0.722. The van der Waals surface area contributed by atoms with Crippen LogP contribution in [0.3, 0.4) is 0 Å². The number of ether oxygens (including phenoxy) is 1. The van der Waals surface area contributed by atoms with Gasteiger partial charge in [0.15, 0.2) is 0 Å². The van der Waals surface area contributed by atoms with Crippen LogP contribution in [0.5, 0.6) is 0 Å². The first kappa shape index (κ1) is 21.9. The molecule has 2 aromatic carbocycles.